The third kappa shape index (κ3) is 8.88. The third-order valence-corrected chi connectivity index (χ3v) is 5.74. The molecule has 0 atom stereocenters. The molecule has 38 heavy (non-hydrogen) atoms. The van der Waals surface area contributed by atoms with Crippen molar-refractivity contribution >= 4 is 40.9 Å². The van der Waals surface area contributed by atoms with Crippen LogP contribution in [0.15, 0.2) is 36.5 Å². The van der Waals surface area contributed by atoms with Gasteiger partial charge in [0, 0.05) is 39.3 Å². The van der Waals surface area contributed by atoms with Crippen LogP contribution in [0.5, 0.6) is 0 Å². The zero-order valence-electron chi connectivity index (χ0n) is 21.1. The molecular formula is C25H31ClF3N5O4. The van der Waals surface area contributed by atoms with Crippen LogP contribution in [0.2, 0.25) is 5.02 Å². The molecule has 1 aromatic heterocycles. The molecule has 2 aromatic rings. The molecule has 0 saturated carbocycles. The molecule has 1 fully saturated rings. The van der Waals surface area contributed by atoms with Gasteiger partial charge in [-0.25, -0.2) is 9.78 Å². The number of carbonyl (C=O) groups is 3. The van der Waals surface area contributed by atoms with Gasteiger partial charge >= 0.3 is 12.1 Å². The van der Waals surface area contributed by atoms with E-state index in [1.165, 1.54) is 0 Å². The molecule has 2 heterocycles. The summed E-state index contributed by atoms with van der Waals surface area (Å²) < 4.78 is 31.7. The van der Waals surface area contributed by atoms with E-state index in [1.807, 2.05) is 4.90 Å². The van der Waals surface area contributed by atoms with Crippen molar-refractivity contribution in [2.24, 2.45) is 0 Å². The van der Waals surface area contributed by atoms with Crippen LogP contribution in [-0.4, -0.2) is 78.2 Å². The van der Waals surface area contributed by atoms with Gasteiger partial charge in [-0.3, -0.25) is 9.59 Å². The Kier molecular flexibility index (Phi) is 11.8. The third-order valence-electron chi connectivity index (χ3n) is 5.41. The Bertz CT molecular complexity index is 1100. The van der Waals surface area contributed by atoms with Crippen molar-refractivity contribution in [2.45, 2.75) is 32.9 Å². The number of piperazine rings is 1. The summed E-state index contributed by atoms with van der Waals surface area (Å²) in [6.07, 6.45) is -1.72. The minimum atomic E-state index is -5.08. The summed E-state index contributed by atoms with van der Waals surface area (Å²) in [5.74, 6) is -2.48. The molecule has 3 rings (SSSR count). The first-order chi connectivity index (χ1) is 18.0. The average molecular weight is 558 g/mol. The van der Waals surface area contributed by atoms with E-state index in [9.17, 15) is 22.8 Å². The SMILES string of the molecule is CCCN(CCC)C(=O)c1cc(NC(=O)c2ccccc2Cl)cnc1N1CCNCC1.O=C(O)C(F)(F)F. The number of carboxylic acid groups (broad SMARTS) is 1. The minimum Gasteiger partial charge on any atom is -0.475 e. The topological polar surface area (TPSA) is 115 Å². The van der Waals surface area contributed by atoms with E-state index >= 15 is 0 Å². The Morgan fingerprint density at radius 3 is 2.21 bits per heavy atom. The Balaban J connectivity index is 0.000000638. The lowest BCUT2D eigenvalue weighted by Crippen LogP contribution is -2.45. The van der Waals surface area contributed by atoms with Crippen LogP contribution in [0.25, 0.3) is 0 Å². The summed E-state index contributed by atoms with van der Waals surface area (Å²) in [6, 6.07) is 8.60. The van der Waals surface area contributed by atoms with Gasteiger partial charge in [0.25, 0.3) is 11.8 Å². The van der Waals surface area contributed by atoms with Crippen molar-refractivity contribution < 1.29 is 32.7 Å². The molecular weight excluding hydrogens is 527 g/mol. The monoisotopic (exact) mass is 557 g/mol. The van der Waals surface area contributed by atoms with Crippen LogP contribution >= 0.6 is 11.6 Å². The fraction of sp³-hybridized carbons (Fsp3) is 0.440. The summed E-state index contributed by atoms with van der Waals surface area (Å²) in [5, 5.41) is 13.7. The van der Waals surface area contributed by atoms with Crippen molar-refractivity contribution in [1.29, 1.82) is 0 Å². The first-order valence-electron chi connectivity index (χ1n) is 12.1. The number of amides is 2. The number of carbonyl (C=O) groups excluding carboxylic acids is 2. The van der Waals surface area contributed by atoms with Crippen LogP contribution < -0.4 is 15.5 Å². The maximum atomic E-state index is 13.5. The van der Waals surface area contributed by atoms with E-state index < -0.39 is 12.1 Å². The van der Waals surface area contributed by atoms with Gasteiger partial charge < -0.3 is 25.5 Å². The van der Waals surface area contributed by atoms with Crippen molar-refractivity contribution in [3.05, 3.63) is 52.7 Å². The average Bonchev–Trinajstić information content (AvgIpc) is 2.88. The summed E-state index contributed by atoms with van der Waals surface area (Å²) in [6.45, 7) is 8.73. The zero-order chi connectivity index (χ0) is 28.3. The smallest absolute Gasteiger partial charge is 0.475 e. The van der Waals surface area contributed by atoms with Gasteiger partial charge in [0.05, 0.1) is 28.0 Å². The molecule has 0 radical (unpaired) electrons. The van der Waals surface area contributed by atoms with Crippen LogP contribution in [0.4, 0.5) is 24.7 Å². The molecule has 1 aliphatic heterocycles. The van der Waals surface area contributed by atoms with Crippen molar-refractivity contribution in [3.63, 3.8) is 0 Å². The lowest BCUT2D eigenvalue weighted by Gasteiger charge is -2.31. The standard InChI is InChI=1S/C23H30ClN5O2.C2HF3O2/c1-3-11-29(12-4-2)23(31)19-15-17(16-26-21(19)28-13-9-25-10-14-28)27-22(30)18-7-5-6-8-20(18)24;3-2(4,5)1(6)7/h5-8,15-16,25H,3-4,9-14H2,1-2H3,(H,27,30);(H,6,7). The zero-order valence-corrected chi connectivity index (χ0v) is 21.9. The molecule has 2 amide bonds. The maximum Gasteiger partial charge on any atom is 0.490 e. The highest BCUT2D eigenvalue weighted by molar-refractivity contribution is 6.34. The molecule has 9 nitrogen and oxygen atoms in total. The number of carboxylic acids is 1. The highest BCUT2D eigenvalue weighted by Crippen LogP contribution is 2.25. The predicted molar refractivity (Wildman–Crippen MR) is 139 cm³/mol. The number of alkyl halides is 3. The predicted octanol–water partition coefficient (Wildman–Crippen LogP) is 4.29. The Hall–Kier alpha value is -3.38. The molecule has 0 bridgehead atoms. The van der Waals surface area contributed by atoms with E-state index in [4.69, 9.17) is 21.5 Å². The molecule has 1 saturated heterocycles. The summed E-state index contributed by atoms with van der Waals surface area (Å²) in [5.41, 5.74) is 1.36. The normalized spacial score (nSPS) is 13.3. The number of pyridine rings is 1. The van der Waals surface area contributed by atoms with Crippen LogP contribution in [0.1, 0.15) is 47.4 Å². The number of aromatic nitrogens is 1. The molecule has 3 N–H and O–H groups in total. The fourth-order valence-corrected chi connectivity index (χ4v) is 3.90. The molecule has 0 spiro atoms. The second kappa shape index (κ2) is 14.5. The molecule has 1 aliphatic rings. The highest BCUT2D eigenvalue weighted by atomic mass is 35.5. The van der Waals surface area contributed by atoms with E-state index in [0.717, 1.165) is 39.0 Å². The number of aliphatic carboxylic acids is 1. The summed E-state index contributed by atoms with van der Waals surface area (Å²) in [7, 11) is 0. The van der Waals surface area contributed by atoms with Crippen LogP contribution in [0.3, 0.4) is 0 Å². The van der Waals surface area contributed by atoms with Crippen molar-refractivity contribution in [3.8, 4) is 0 Å². The number of halogens is 4. The highest BCUT2D eigenvalue weighted by Gasteiger charge is 2.38. The first kappa shape index (κ1) is 30.8. The van der Waals surface area contributed by atoms with E-state index in [0.29, 0.717) is 40.7 Å². The van der Waals surface area contributed by atoms with Gasteiger partial charge in [-0.1, -0.05) is 37.6 Å². The lowest BCUT2D eigenvalue weighted by molar-refractivity contribution is -0.192. The quantitative estimate of drug-likeness (QED) is 0.443. The number of nitrogens with zero attached hydrogens (tertiary/aromatic N) is 3. The van der Waals surface area contributed by atoms with Crippen molar-refractivity contribution in [2.75, 3.05) is 49.5 Å². The van der Waals surface area contributed by atoms with E-state index in [1.54, 1.807) is 36.5 Å². The molecule has 0 aliphatic carbocycles. The molecule has 1 aromatic carbocycles. The molecule has 13 heteroatoms. The van der Waals surface area contributed by atoms with Gasteiger partial charge in [0.15, 0.2) is 0 Å². The largest absolute Gasteiger partial charge is 0.490 e. The molecule has 0 unspecified atom stereocenters. The van der Waals surface area contributed by atoms with E-state index in [2.05, 4.69) is 34.4 Å². The van der Waals surface area contributed by atoms with E-state index in [-0.39, 0.29) is 11.8 Å². The first-order valence-corrected chi connectivity index (χ1v) is 12.5. The fourth-order valence-electron chi connectivity index (χ4n) is 3.68. The Morgan fingerprint density at radius 2 is 1.68 bits per heavy atom. The molecule has 208 valence electrons. The number of nitrogens with one attached hydrogen (secondary N) is 2. The second-order valence-electron chi connectivity index (χ2n) is 8.36. The van der Waals surface area contributed by atoms with Gasteiger partial charge in [-0.2, -0.15) is 13.2 Å². The second-order valence-corrected chi connectivity index (χ2v) is 8.77. The number of hydrogen-bond donors (Lipinski definition) is 3. The number of hydrogen-bond acceptors (Lipinski definition) is 6. The van der Waals surface area contributed by atoms with Gasteiger partial charge in [0.2, 0.25) is 0 Å². The number of rotatable bonds is 8. The minimum absolute atomic E-state index is 0.0569. The van der Waals surface area contributed by atoms with Crippen LogP contribution in [-0.2, 0) is 4.79 Å². The Labute approximate surface area is 224 Å². The van der Waals surface area contributed by atoms with Gasteiger partial charge in [-0.15, -0.1) is 0 Å². The lowest BCUT2D eigenvalue weighted by atomic mass is 10.1. The Morgan fingerprint density at radius 1 is 1.11 bits per heavy atom. The van der Waals surface area contributed by atoms with Gasteiger partial charge in [-0.05, 0) is 31.0 Å². The van der Waals surface area contributed by atoms with Gasteiger partial charge in [0.1, 0.15) is 5.82 Å². The summed E-state index contributed by atoms with van der Waals surface area (Å²) >= 11 is 6.16. The summed E-state index contributed by atoms with van der Waals surface area (Å²) in [4.78, 5) is 43.6. The van der Waals surface area contributed by atoms with Crippen molar-refractivity contribution in [1.82, 2.24) is 15.2 Å². The van der Waals surface area contributed by atoms with Crippen LogP contribution in [0, 0.1) is 0 Å². The number of anilines is 2. The maximum absolute atomic E-state index is 13.5. The number of benzene rings is 1.